The van der Waals surface area contributed by atoms with Crippen molar-refractivity contribution in [1.29, 1.82) is 0 Å². The Kier molecular flexibility index (Phi) is 6.60. The fraction of sp³-hybridized carbons (Fsp3) is 0.250. The van der Waals surface area contributed by atoms with Crippen molar-refractivity contribution < 1.29 is 17.5 Å². The van der Waals surface area contributed by atoms with Crippen molar-refractivity contribution >= 4 is 39.1 Å². The Bertz CT molecular complexity index is 1310. The maximum absolute atomic E-state index is 14.9. The highest BCUT2D eigenvalue weighted by Crippen LogP contribution is 2.32. The van der Waals surface area contributed by atoms with Gasteiger partial charge in [0.2, 0.25) is 5.95 Å². The van der Waals surface area contributed by atoms with Crippen molar-refractivity contribution in [2.45, 2.75) is 19.8 Å². The molecule has 1 aliphatic carbocycles. The topological polar surface area (TPSA) is 93.2 Å². The average Bonchev–Trinajstić information content (AvgIpc) is 3.15. The first kappa shape index (κ1) is 22.7. The molecule has 0 amide bonds. The van der Waals surface area contributed by atoms with Gasteiger partial charge in [0.15, 0.2) is 5.82 Å². The lowest BCUT2D eigenvalue weighted by molar-refractivity contribution is 0.318. The van der Waals surface area contributed by atoms with E-state index in [9.17, 15) is 12.8 Å². The molecule has 0 aliphatic heterocycles. The molecule has 0 unspecified atom stereocenters. The third-order valence-corrected chi connectivity index (χ3v) is 6.10. The molecular weight excluding hydrogens is 443 g/mol. The highest BCUT2D eigenvalue weighted by molar-refractivity contribution is 7.90. The second kappa shape index (κ2) is 9.58. The van der Waals surface area contributed by atoms with Gasteiger partial charge in [-0.05, 0) is 49.6 Å². The molecule has 0 radical (unpaired) electrons. The summed E-state index contributed by atoms with van der Waals surface area (Å²) in [4.78, 5) is 8.65. The van der Waals surface area contributed by atoms with Gasteiger partial charge < -0.3 is 15.4 Å². The minimum absolute atomic E-state index is 0.0826. The van der Waals surface area contributed by atoms with Crippen molar-refractivity contribution in [3.05, 3.63) is 71.2 Å². The van der Waals surface area contributed by atoms with Crippen LogP contribution in [0.15, 0.2) is 54.2 Å². The molecular formula is C24H25FN4O3S. The van der Waals surface area contributed by atoms with Crippen LogP contribution in [0.3, 0.4) is 0 Å². The summed E-state index contributed by atoms with van der Waals surface area (Å²) in [6, 6.07) is 12.5. The van der Waals surface area contributed by atoms with E-state index in [4.69, 9.17) is 4.74 Å². The summed E-state index contributed by atoms with van der Waals surface area (Å²) >= 11 is 0. The van der Waals surface area contributed by atoms with E-state index >= 15 is 0 Å². The minimum atomic E-state index is -3.00. The molecule has 0 saturated heterocycles. The summed E-state index contributed by atoms with van der Waals surface area (Å²) < 4.78 is 43.0. The van der Waals surface area contributed by atoms with Gasteiger partial charge >= 0.3 is 0 Å². The monoisotopic (exact) mass is 468 g/mol. The van der Waals surface area contributed by atoms with Gasteiger partial charge in [-0.15, -0.1) is 0 Å². The number of ether oxygens (including phenoxy) is 1. The highest BCUT2D eigenvalue weighted by Gasteiger charge is 2.17. The predicted molar refractivity (Wildman–Crippen MR) is 129 cm³/mol. The maximum Gasteiger partial charge on any atom is 0.229 e. The Morgan fingerprint density at radius 1 is 1.15 bits per heavy atom. The first-order valence-corrected chi connectivity index (χ1v) is 12.6. The second-order valence-electron chi connectivity index (χ2n) is 8.04. The zero-order valence-electron chi connectivity index (χ0n) is 18.4. The summed E-state index contributed by atoms with van der Waals surface area (Å²) in [5, 5.41) is 6.14. The van der Waals surface area contributed by atoms with Gasteiger partial charge in [0, 0.05) is 29.8 Å². The summed E-state index contributed by atoms with van der Waals surface area (Å²) in [6.07, 6.45) is 5.85. The Morgan fingerprint density at radius 3 is 2.82 bits per heavy atom. The Morgan fingerprint density at radius 2 is 2.00 bits per heavy atom. The molecule has 3 aromatic rings. The molecule has 0 bridgehead atoms. The third kappa shape index (κ3) is 6.07. The molecule has 2 N–H and O–H groups in total. The van der Waals surface area contributed by atoms with E-state index < -0.39 is 9.84 Å². The average molecular weight is 469 g/mol. The number of anilines is 4. The molecule has 1 aromatic heterocycles. The van der Waals surface area contributed by atoms with Crippen LogP contribution in [0.1, 0.15) is 24.5 Å². The molecule has 1 heterocycles. The maximum atomic E-state index is 14.9. The SMILES string of the molecule is CC1=Cc2c(ccc(Nc3ccnc(Nc4cccc(OCCCS(C)(=O)=O)c4)n3)c2F)C1. The minimum Gasteiger partial charge on any atom is -0.493 e. The smallest absolute Gasteiger partial charge is 0.229 e. The largest absolute Gasteiger partial charge is 0.493 e. The van der Waals surface area contributed by atoms with E-state index in [1.807, 2.05) is 31.2 Å². The number of allylic oxidation sites excluding steroid dienone is 1. The molecule has 1 aliphatic rings. The Hall–Kier alpha value is -3.46. The summed E-state index contributed by atoms with van der Waals surface area (Å²) in [5.74, 6) is 1.19. The summed E-state index contributed by atoms with van der Waals surface area (Å²) in [5.41, 5.74) is 3.80. The molecule has 172 valence electrons. The van der Waals surface area contributed by atoms with Gasteiger partial charge in [-0.3, -0.25) is 0 Å². The number of nitrogens with one attached hydrogen (secondary N) is 2. The van der Waals surface area contributed by atoms with Crippen molar-refractivity contribution in [3.8, 4) is 5.75 Å². The first-order valence-electron chi connectivity index (χ1n) is 10.5. The number of halogens is 1. The molecule has 0 fully saturated rings. The Labute approximate surface area is 192 Å². The van der Waals surface area contributed by atoms with Crippen molar-refractivity contribution in [2.75, 3.05) is 29.2 Å². The zero-order valence-corrected chi connectivity index (χ0v) is 19.2. The van der Waals surface area contributed by atoms with Crippen LogP contribution < -0.4 is 15.4 Å². The Balaban J connectivity index is 1.41. The lowest BCUT2D eigenvalue weighted by Gasteiger charge is -2.12. The quantitative estimate of drug-likeness (QED) is 0.433. The summed E-state index contributed by atoms with van der Waals surface area (Å²) in [6.45, 7) is 2.29. The molecule has 4 rings (SSSR count). The van der Waals surface area contributed by atoms with Crippen molar-refractivity contribution in [3.63, 3.8) is 0 Å². The molecule has 7 nitrogen and oxygen atoms in total. The number of nitrogens with zero attached hydrogens (tertiary/aromatic N) is 2. The molecule has 0 atom stereocenters. The van der Waals surface area contributed by atoms with E-state index in [0.29, 0.717) is 47.5 Å². The van der Waals surface area contributed by atoms with Crippen LogP contribution >= 0.6 is 0 Å². The summed E-state index contributed by atoms with van der Waals surface area (Å²) in [7, 11) is -3.00. The standard InChI is InChI=1S/C24H25FN4O3S/c1-16-13-17-7-8-21(23(25)20(17)14-16)28-22-9-10-26-24(29-22)27-18-5-3-6-19(15-18)32-11-4-12-33(2,30)31/h3,5-10,14-15H,4,11-13H2,1-2H3,(H2,26,27,28,29). The van der Waals surface area contributed by atoms with Crippen LogP contribution in [0.2, 0.25) is 0 Å². The number of hydrogen-bond acceptors (Lipinski definition) is 7. The number of fused-ring (bicyclic) bond motifs is 1. The highest BCUT2D eigenvalue weighted by atomic mass is 32.2. The van der Waals surface area contributed by atoms with Gasteiger partial charge in [0.1, 0.15) is 21.4 Å². The molecule has 0 spiro atoms. The van der Waals surface area contributed by atoms with Gasteiger partial charge in [-0.2, -0.15) is 4.98 Å². The van der Waals surface area contributed by atoms with E-state index in [1.54, 1.807) is 30.5 Å². The zero-order chi connectivity index (χ0) is 23.4. The van der Waals surface area contributed by atoms with E-state index in [0.717, 1.165) is 17.6 Å². The number of rotatable bonds is 9. The molecule has 33 heavy (non-hydrogen) atoms. The van der Waals surface area contributed by atoms with Crippen molar-refractivity contribution in [1.82, 2.24) is 9.97 Å². The fourth-order valence-corrected chi connectivity index (χ4v) is 4.21. The number of aromatic nitrogens is 2. The van der Waals surface area contributed by atoms with Crippen LogP contribution in [0.5, 0.6) is 5.75 Å². The normalized spacial score (nSPS) is 12.8. The molecule has 2 aromatic carbocycles. The van der Waals surface area contributed by atoms with Crippen LogP contribution in [-0.2, 0) is 16.3 Å². The second-order valence-corrected chi connectivity index (χ2v) is 10.3. The first-order chi connectivity index (χ1) is 15.8. The molecule has 0 saturated carbocycles. The van der Waals surface area contributed by atoms with Gasteiger partial charge in [0.05, 0.1) is 18.0 Å². The van der Waals surface area contributed by atoms with Crippen LogP contribution in [0, 0.1) is 5.82 Å². The molecule has 9 heteroatoms. The van der Waals surface area contributed by atoms with Gasteiger partial charge in [-0.1, -0.05) is 23.8 Å². The predicted octanol–water partition coefficient (Wildman–Crippen LogP) is 4.88. The van der Waals surface area contributed by atoms with Crippen LogP contribution in [0.25, 0.3) is 6.08 Å². The van der Waals surface area contributed by atoms with Crippen LogP contribution in [0.4, 0.5) is 27.5 Å². The van der Waals surface area contributed by atoms with E-state index in [2.05, 4.69) is 20.6 Å². The van der Waals surface area contributed by atoms with Gasteiger partial charge in [0.25, 0.3) is 0 Å². The third-order valence-electron chi connectivity index (χ3n) is 5.07. The fourth-order valence-electron chi connectivity index (χ4n) is 3.57. The van der Waals surface area contributed by atoms with E-state index in [1.165, 1.54) is 6.26 Å². The number of benzene rings is 2. The van der Waals surface area contributed by atoms with Crippen LogP contribution in [-0.4, -0.2) is 37.0 Å². The lowest BCUT2D eigenvalue weighted by atomic mass is 10.1. The van der Waals surface area contributed by atoms with E-state index in [-0.39, 0.29) is 11.6 Å². The number of sulfone groups is 1. The van der Waals surface area contributed by atoms with Gasteiger partial charge in [-0.25, -0.2) is 17.8 Å². The number of hydrogen-bond donors (Lipinski definition) is 2. The van der Waals surface area contributed by atoms with Crippen molar-refractivity contribution in [2.24, 2.45) is 0 Å². The lowest BCUT2D eigenvalue weighted by Crippen LogP contribution is -2.08.